The molecule has 0 atom stereocenters. The molecule has 0 aliphatic heterocycles. The van der Waals surface area contributed by atoms with Crippen LogP contribution in [0.25, 0.3) is 22.4 Å². The summed E-state index contributed by atoms with van der Waals surface area (Å²) >= 11 is 0. The van der Waals surface area contributed by atoms with E-state index >= 15 is 0 Å². The van der Waals surface area contributed by atoms with Crippen LogP contribution in [0, 0.1) is 0 Å². The maximum atomic E-state index is 11.5. The number of carbonyl (C=O) groups is 1. The molecule has 1 aromatic heterocycles. The molecule has 0 radical (unpaired) electrons. The number of benzene rings is 3. The van der Waals surface area contributed by atoms with E-state index < -0.39 is 0 Å². The summed E-state index contributed by atoms with van der Waals surface area (Å²) in [6, 6.07) is 26.2. The number of methoxy groups -OCH3 is 1. The van der Waals surface area contributed by atoms with Crippen LogP contribution in [0.1, 0.15) is 21.5 Å². The Morgan fingerprint density at radius 1 is 0.867 bits per heavy atom. The molecule has 2 N–H and O–H groups in total. The average molecular weight is 397 g/mol. The van der Waals surface area contributed by atoms with Crippen LogP contribution in [0.15, 0.2) is 85.1 Å². The summed E-state index contributed by atoms with van der Waals surface area (Å²) in [5, 5.41) is 10.8. The standard InChI is InChI=1S/C25H23N3O2/c1-30-25(29)22-9-7-18(8-10-22)15-26-16-23-17-27-28-24(23)21-13-11-20(12-14-21)19-5-3-2-4-6-19/h2-14,17,26H,15-16H2,1H3,(H,27,28). The van der Waals surface area contributed by atoms with Crippen LogP contribution in [0.5, 0.6) is 0 Å². The number of hydrogen-bond acceptors (Lipinski definition) is 4. The fourth-order valence-electron chi connectivity index (χ4n) is 3.37. The van der Waals surface area contributed by atoms with Crippen molar-refractivity contribution in [2.75, 3.05) is 7.11 Å². The van der Waals surface area contributed by atoms with Crippen molar-refractivity contribution in [3.05, 3.63) is 102 Å². The highest BCUT2D eigenvalue weighted by molar-refractivity contribution is 5.89. The van der Waals surface area contributed by atoms with E-state index in [0.29, 0.717) is 18.7 Å². The fraction of sp³-hybridized carbons (Fsp3) is 0.120. The predicted molar refractivity (Wildman–Crippen MR) is 118 cm³/mol. The Hall–Kier alpha value is -3.70. The summed E-state index contributed by atoms with van der Waals surface area (Å²) in [6.45, 7) is 1.38. The van der Waals surface area contributed by atoms with Gasteiger partial charge in [-0.1, -0.05) is 66.7 Å². The fourth-order valence-corrected chi connectivity index (χ4v) is 3.37. The summed E-state index contributed by atoms with van der Waals surface area (Å²) < 4.78 is 4.73. The zero-order valence-corrected chi connectivity index (χ0v) is 16.8. The van der Waals surface area contributed by atoms with Gasteiger partial charge in [-0.2, -0.15) is 5.10 Å². The Labute approximate surface area is 175 Å². The molecular formula is C25H23N3O2. The molecule has 0 aliphatic rings. The van der Waals surface area contributed by atoms with Gasteiger partial charge in [-0.15, -0.1) is 0 Å². The van der Waals surface area contributed by atoms with Gasteiger partial charge >= 0.3 is 5.97 Å². The van der Waals surface area contributed by atoms with E-state index in [2.05, 4.69) is 51.9 Å². The summed E-state index contributed by atoms with van der Waals surface area (Å²) in [5.74, 6) is -0.323. The van der Waals surface area contributed by atoms with Crippen molar-refractivity contribution in [2.45, 2.75) is 13.1 Å². The number of ether oxygens (including phenoxy) is 1. The topological polar surface area (TPSA) is 67.0 Å². The Kier molecular flexibility index (Phi) is 6.01. The smallest absolute Gasteiger partial charge is 0.337 e. The maximum Gasteiger partial charge on any atom is 0.337 e. The molecule has 0 fully saturated rings. The number of H-pyrrole nitrogens is 1. The van der Waals surface area contributed by atoms with Gasteiger partial charge in [-0.25, -0.2) is 4.79 Å². The third kappa shape index (κ3) is 4.47. The lowest BCUT2D eigenvalue weighted by molar-refractivity contribution is 0.0600. The molecule has 5 nitrogen and oxygen atoms in total. The van der Waals surface area contributed by atoms with E-state index in [9.17, 15) is 4.79 Å². The Morgan fingerprint density at radius 2 is 1.53 bits per heavy atom. The van der Waals surface area contributed by atoms with Crippen molar-refractivity contribution >= 4 is 5.97 Å². The van der Waals surface area contributed by atoms with Crippen LogP contribution in [0.2, 0.25) is 0 Å². The highest BCUT2D eigenvalue weighted by Crippen LogP contribution is 2.25. The molecule has 0 saturated carbocycles. The van der Waals surface area contributed by atoms with Gasteiger partial charge in [0.05, 0.1) is 24.6 Å². The third-order valence-corrected chi connectivity index (χ3v) is 5.02. The number of carbonyl (C=O) groups excluding carboxylic acids is 1. The first-order chi connectivity index (χ1) is 14.7. The van der Waals surface area contributed by atoms with Crippen molar-refractivity contribution in [1.82, 2.24) is 15.5 Å². The highest BCUT2D eigenvalue weighted by Gasteiger charge is 2.09. The Balaban J connectivity index is 1.39. The molecule has 150 valence electrons. The van der Waals surface area contributed by atoms with E-state index in [4.69, 9.17) is 4.74 Å². The minimum Gasteiger partial charge on any atom is -0.465 e. The van der Waals surface area contributed by atoms with Gasteiger partial charge in [-0.3, -0.25) is 5.10 Å². The quantitative estimate of drug-likeness (QED) is 0.439. The van der Waals surface area contributed by atoms with E-state index in [1.807, 2.05) is 36.5 Å². The summed E-state index contributed by atoms with van der Waals surface area (Å²) in [5.41, 5.74) is 7.27. The zero-order chi connectivity index (χ0) is 20.8. The first-order valence-electron chi connectivity index (χ1n) is 9.80. The van der Waals surface area contributed by atoms with Gasteiger partial charge in [-0.05, 0) is 34.4 Å². The van der Waals surface area contributed by atoms with Crippen LogP contribution in [0.3, 0.4) is 0 Å². The molecule has 0 amide bonds. The third-order valence-electron chi connectivity index (χ3n) is 5.02. The molecule has 0 saturated heterocycles. The van der Waals surface area contributed by atoms with Crippen LogP contribution >= 0.6 is 0 Å². The Morgan fingerprint density at radius 3 is 2.23 bits per heavy atom. The second kappa shape index (κ2) is 9.20. The first kappa shape index (κ1) is 19.6. The van der Waals surface area contributed by atoms with Crippen molar-refractivity contribution in [3.63, 3.8) is 0 Å². The predicted octanol–water partition coefficient (Wildman–Crippen LogP) is 4.82. The summed E-state index contributed by atoms with van der Waals surface area (Å²) in [7, 11) is 1.38. The number of aromatic amines is 1. The molecule has 30 heavy (non-hydrogen) atoms. The molecule has 3 aromatic carbocycles. The van der Waals surface area contributed by atoms with Crippen LogP contribution in [0.4, 0.5) is 0 Å². The Bertz CT molecular complexity index is 1100. The average Bonchev–Trinajstić information content (AvgIpc) is 3.28. The number of nitrogens with zero attached hydrogens (tertiary/aromatic N) is 1. The van der Waals surface area contributed by atoms with E-state index in [1.165, 1.54) is 18.2 Å². The second-order valence-electron chi connectivity index (χ2n) is 7.01. The van der Waals surface area contributed by atoms with Gasteiger partial charge in [0.2, 0.25) is 0 Å². The number of hydrogen-bond donors (Lipinski definition) is 2. The van der Waals surface area contributed by atoms with Gasteiger partial charge in [0.1, 0.15) is 0 Å². The van der Waals surface area contributed by atoms with Crippen molar-refractivity contribution in [2.24, 2.45) is 0 Å². The van der Waals surface area contributed by atoms with Gasteiger partial charge in [0.25, 0.3) is 0 Å². The highest BCUT2D eigenvalue weighted by atomic mass is 16.5. The largest absolute Gasteiger partial charge is 0.465 e. The molecular weight excluding hydrogens is 374 g/mol. The molecule has 0 aliphatic carbocycles. The summed E-state index contributed by atoms with van der Waals surface area (Å²) in [6.07, 6.45) is 1.85. The van der Waals surface area contributed by atoms with Crippen LogP contribution < -0.4 is 5.32 Å². The van der Waals surface area contributed by atoms with E-state index in [-0.39, 0.29) is 5.97 Å². The number of esters is 1. The maximum absolute atomic E-state index is 11.5. The van der Waals surface area contributed by atoms with Gasteiger partial charge < -0.3 is 10.1 Å². The molecule has 5 heteroatoms. The molecule has 4 aromatic rings. The minimum atomic E-state index is -0.323. The second-order valence-corrected chi connectivity index (χ2v) is 7.01. The van der Waals surface area contributed by atoms with Crippen LogP contribution in [-0.4, -0.2) is 23.3 Å². The minimum absolute atomic E-state index is 0.323. The number of rotatable bonds is 7. The SMILES string of the molecule is COC(=O)c1ccc(CNCc2cn[nH]c2-c2ccc(-c3ccccc3)cc2)cc1. The van der Waals surface area contributed by atoms with Gasteiger partial charge in [0, 0.05) is 18.7 Å². The molecule has 0 bridgehead atoms. The number of aromatic nitrogens is 2. The number of nitrogens with one attached hydrogen (secondary N) is 2. The first-order valence-corrected chi connectivity index (χ1v) is 9.80. The lowest BCUT2D eigenvalue weighted by Gasteiger charge is -2.08. The molecule has 4 rings (SSSR count). The normalized spacial score (nSPS) is 10.7. The molecule has 1 heterocycles. The lowest BCUT2D eigenvalue weighted by atomic mass is 10.0. The van der Waals surface area contributed by atoms with E-state index in [0.717, 1.165) is 22.4 Å². The van der Waals surface area contributed by atoms with Crippen molar-refractivity contribution in [3.8, 4) is 22.4 Å². The van der Waals surface area contributed by atoms with E-state index in [1.54, 1.807) is 12.1 Å². The summed E-state index contributed by atoms with van der Waals surface area (Å²) in [4.78, 5) is 11.5. The monoisotopic (exact) mass is 397 g/mol. The van der Waals surface area contributed by atoms with Gasteiger partial charge in [0.15, 0.2) is 0 Å². The molecule has 0 unspecified atom stereocenters. The lowest BCUT2D eigenvalue weighted by Crippen LogP contribution is -2.13. The van der Waals surface area contributed by atoms with Crippen LogP contribution in [-0.2, 0) is 17.8 Å². The van der Waals surface area contributed by atoms with Crippen molar-refractivity contribution < 1.29 is 9.53 Å². The zero-order valence-electron chi connectivity index (χ0n) is 16.8. The van der Waals surface area contributed by atoms with Crippen molar-refractivity contribution in [1.29, 1.82) is 0 Å². The molecule has 0 spiro atoms.